The monoisotopic (exact) mass is 543 g/mol. The first kappa shape index (κ1) is 26.4. The van der Waals surface area contributed by atoms with Gasteiger partial charge in [0.05, 0.1) is 6.61 Å². The zero-order valence-electron chi connectivity index (χ0n) is 19.8. The van der Waals surface area contributed by atoms with Gasteiger partial charge in [-0.3, -0.25) is 4.99 Å². The van der Waals surface area contributed by atoms with Crippen molar-refractivity contribution in [2.75, 3.05) is 40.0 Å². The quantitative estimate of drug-likeness (QED) is 0.272. The van der Waals surface area contributed by atoms with Crippen LogP contribution in [0.25, 0.3) is 0 Å². The van der Waals surface area contributed by atoms with Crippen molar-refractivity contribution >= 4 is 29.9 Å². The van der Waals surface area contributed by atoms with Gasteiger partial charge in [0.15, 0.2) is 5.96 Å². The number of nitrogens with zero attached hydrogens (tertiary/aromatic N) is 1. The molecule has 1 saturated carbocycles. The number of halogens is 1. The standard InChI is InChI=1S/C25H41N3O2.HI/c1-23(2,3)20-7-9-21(10-8-20)25(11-5-6-12-25)18-28-22(26-4)27-17-24(13-15-29)14-16-30-19-24;/h7-10,29H,5-6,11-19H2,1-4H3,(H2,26,27,28);1H. The van der Waals surface area contributed by atoms with Crippen LogP contribution in [0.3, 0.4) is 0 Å². The van der Waals surface area contributed by atoms with E-state index in [1.807, 2.05) is 7.05 Å². The van der Waals surface area contributed by atoms with Crippen molar-refractivity contribution in [1.82, 2.24) is 10.6 Å². The molecule has 0 spiro atoms. The van der Waals surface area contributed by atoms with E-state index in [1.54, 1.807) is 0 Å². The summed E-state index contributed by atoms with van der Waals surface area (Å²) in [6.45, 7) is 10.2. The third-order valence-electron chi connectivity index (χ3n) is 7.20. The first-order chi connectivity index (χ1) is 14.3. The molecule has 6 heteroatoms. The third-order valence-corrected chi connectivity index (χ3v) is 7.20. The number of aliphatic hydroxyl groups is 1. The summed E-state index contributed by atoms with van der Waals surface area (Å²) >= 11 is 0. The molecule has 0 aromatic heterocycles. The maximum atomic E-state index is 9.46. The van der Waals surface area contributed by atoms with E-state index >= 15 is 0 Å². The van der Waals surface area contributed by atoms with Crippen molar-refractivity contribution in [3.05, 3.63) is 35.4 Å². The zero-order chi connectivity index (χ0) is 21.7. The SMILES string of the molecule is CN=C(NCC1(CCO)CCOC1)NCC1(c2ccc(C(C)(C)C)cc2)CCCC1.I. The third kappa shape index (κ3) is 6.57. The lowest BCUT2D eigenvalue weighted by molar-refractivity contribution is 0.127. The second-order valence-electron chi connectivity index (χ2n) is 10.4. The molecule has 1 aliphatic heterocycles. The van der Waals surface area contributed by atoms with E-state index in [-0.39, 0.29) is 46.8 Å². The van der Waals surface area contributed by atoms with Crippen LogP contribution in [0.5, 0.6) is 0 Å². The van der Waals surface area contributed by atoms with Crippen LogP contribution in [0.4, 0.5) is 0 Å². The molecule has 0 radical (unpaired) electrons. The smallest absolute Gasteiger partial charge is 0.191 e. The highest BCUT2D eigenvalue weighted by molar-refractivity contribution is 14.0. The van der Waals surface area contributed by atoms with Gasteiger partial charge in [-0.15, -0.1) is 24.0 Å². The predicted molar refractivity (Wildman–Crippen MR) is 140 cm³/mol. The number of aliphatic hydroxyl groups excluding tert-OH is 1. The summed E-state index contributed by atoms with van der Waals surface area (Å²) < 4.78 is 5.62. The van der Waals surface area contributed by atoms with Crippen molar-refractivity contribution < 1.29 is 9.84 Å². The molecule has 2 fully saturated rings. The average Bonchev–Trinajstić information content (AvgIpc) is 3.39. The zero-order valence-corrected chi connectivity index (χ0v) is 22.1. The summed E-state index contributed by atoms with van der Waals surface area (Å²) in [4.78, 5) is 4.46. The summed E-state index contributed by atoms with van der Waals surface area (Å²) in [5, 5.41) is 16.6. The Hall–Kier alpha value is -0.860. The predicted octanol–water partition coefficient (Wildman–Crippen LogP) is 4.37. The van der Waals surface area contributed by atoms with Crippen LogP contribution >= 0.6 is 24.0 Å². The minimum Gasteiger partial charge on any atom is -0.396 e. The van der Waals surface area contributed by atoms with Crippen molar-refractivity contribution in [2.24, 2.45) is 10.4 Å². The van der Waals surface area contributed by atoms with Crippen LogP contribution in [-0.2, 0) is 15.6 Å². The van der Waals surface area contributed by atoms with E-state index in [4.69, 9.17) is 4.74 Å². The normalized spacial score (nSPS) is 23.5. The molecule has 3 rings (SSSR count). The number of ether oxygens (including phenoxy) is 1. The second kappa shape index (κ2) is 11.3. The van der Waals surface area contributed by atoms with Gasteiger partial charge >= 0.3 is 0 Å². The number of hydrogen-bond donors (Lipinski definition) is 3. The molecule has 1 aromatic rings. The number of hydrogen-bond acceptors (Lipinski definition) is 3. The van der Waals surface area contributed by atoms with Crippen molar-refractivity contribution in [3.8, 4) is 0 Å². The number of guanidine groups is 1. The Kier molecular flexibility index (Phi) is 9.64. The van der Waals surface area contributed by atoms with E-state index < -0.39 is 0 Å². The molecule has 0 amide bonds. The lowest BCUT2D eigenvalue weighted by Crippen LogP contribution is -2.48. The van der Waals surface area contributed by atoms with Crippen LogP contribution in [0.15, 0.2) is 29.3 Å². The van der Waals surface area contributed by atoms with Crippen LogP contribution in [-0.4, -0.2) is 51.0 Å². The number of benzene rings is 1. The van der Waals surface area contributed by atoms with Crippen LogP contribution in [0, 0.1) is 5.41 Å². The number of nitrogens with one attached hydrogen (secondary N) is 2. The fraction of sp³-hybridized carbons (Fsp3) is 0.720. The fourth-order valence-corrected chi connectivity index (χ4v) is 5.00. The molecular formula is C25H42IN3O2. The molecule has 3 N–H and O–H groups in total. The van der Waals surface area contributed by atoms with Gasteiger partial charge in [0.25, 0.3) is 0 Å². The lowest BCUT2D eigenvalue weighted by atomic mass is 9.77. The van der Waals surface area contributed by atoms with Gasteiger partial charge in [-0.05, 0) is 42.2 Å². The van der Waals surface area contributed by atoms with Crippen molar-refractivity contribution in [2.45, 2.75) is 70.1 Å². The van der Waals surface area contributed by atoms with Gasteiger partial charge in [-0.25, -0.2) is 0 Å². The summed E-state index contributed by atoms with van der Waals surface area (Å²) in [6, 6.07) is 9.30. The first-order valence-corrected chi connectivity index (χ1v) is 11.6. The van der Waals surface area contributed by atoms with E-state index in [1.165, 1.54) is 36.8 Å². The van der Waals surface area contributed by atoms with Gasteiger partial charge in [0.1, 0.15) is 0 Å². The fourth-order valence-electron chi connectivity index (χ4n) is 5.00. The number of rotatable bonds is 7. The van der Waals surface area contributed by atoms with Gasteiger partial charge < -0.3 is 20.5 Å². The highest BCUT2D eigenvalue weighted by Gasteiger charge is 2.37. The molecule has 1 unspecified atom stereocenters. The van der Waals surface area contributed by atoms with Gasteiger partial charge in [0.2, 0.25) is 0 Å². The molecule has 0 bridgehead atoms. The Labute approximate surface area is 205 Å². The molecule has 31 heavy (non-hydrogen) atoms. The Morgan fingerprint density at radius 1 is 1.06 bits per heavy atom. The summed E-state index contributed by atoms with van der Waals surface area (Å²) in [5.41, 5.74) is 3.20. The van der Waals surface area contributed by atoms with E-state index in [0.29, 0.717) is 6.61 Å². The average molecular weight is 544 g/mol. The minimum absolute atomic E-state index is 0. The summed E-state index contributed by atoms with van der Waals surface area (Å²) in [5.74, 6) is 0.844. The Morgan fingerprint density at radius 2 is 1.71 bits per heavy atom. The maximum Gasteiger partial charge on any atom is 0.191 e. The van der Waals surface area contributed by atoms with Crippen LogP contribution < -0.4 is 10.6 Å². The van der Waals surface area contributed by atoms with Crippen LogP contribution in [0.1, 0.15) is 70.4 Å². The second-order valence-corrected chi connectivity index (χ2v) is 10.4. The van der Waals surface area contributed by atoms with E-state index in [9.17, 15) is 5.11 Å². The first-order valence-electron chi connectivity index (χ1n) is 11.6. The van der Waals surface area contributed by atoms with Gasteiger partial charge in [0, 0.05) is 44.2 Å². The van der Waals surface area contributed by atoms with Crippen molar-refractivity contribution in [1.29, 1.82) is 0 Å². The minimum atomic E-state index is 0. The molecule has 1 atom stereocenters. The maximum absolute atomic E-state index is 9.46. The molecule has 5 nitrogen and oxygen atoms in total. The number of aliphatic imine (C=N–C) groups is 1. The Morgan fingerprint density at radius 3 is 2.23 bits per heavy atom. The Balaban J connectivity index is 0.00000341. The molecular weight excluding hydrogens is 501 g/mol. The highest BCUT2D eigenvalue weighted by atomic mass is 127. The molecule has 2 aliphatic rings. The molecule has 1 saturated heterocycles. The summed E-state index contributed by atoms with van der Waals surface area (Å²) in [7, 11) is 1.83. The lowest BCUT2D eigenvalue weighted by Gasteiger charge is -2.32. The topological polar surface area (TPSA) is 65.9 Å². The van der Waals surface area contributed by atoms with Crippen LogP contribution in [0.2, 0.25) is 0 Å². The highest BCUT2D eigenvalue weighted by Crippen LogP contribution is 2.41. The largest absolute Gasteiger partial charge is 0.396 e. The van der Waals surface area contributed by atoms with Crippen molar-refractivity contribution in [3.63, 3.8) is 0 Å². The van der Waals surface area contributed by atoms with E-state index in [0.717, 1.165) is 38.5 Å². The molecule has 1 aromatic carbocycles. The molecule has 1 heterocycles. The molecule has 1 aliphatic carbocycles. The molecule has 176 valence electrons. The Bertz CT molecular complexity index is 700. The van der Waals surface area contributed by atoms with E-state index in [2.05, 4.69) is 60.7 Å². The van der Waals surface area contributed by atoms with Gasteiger partial charge in [-0.1, -0.05) is 57.9 Å². The summed E-state index contributed by atoms with van der Waals surface area (Å²) in [6.07, 6.45) is 6.75. The van der Waals surface area contributed by atoms with Gasteiger partial charge in [-0.2, -0.15) is 0 Å².